The zero-order chi connectivity index (χ0) is 6.81. The molecule has 0 aromatic heterocycles. The SMILES string of the molecule is [Cr].[KH].c1ccc2c(c1)CCCO2. The molecule has 1 aliphatic heterocycles. The third-order valence-electron chi connectivity index (χ3n) is 1.82. The largest absolute Gasteiger partial charge is 0.493 e. The molecule has 0 saturated carbocycles. The Morgan fingerprint density at radius 3 is 2.67 bits per heavy atom. The van der Waals surface area contributed by atoms with Crippen LogP contribution in [0.1, 0.15) is 12.0 Å². The van der Waals surface area contributed by atoms with Gasteiger partial charge in [0.2, 0.25) is 0 Å². The van der Waals surface area contributed by atoms with Crippen LogP contribution < -0.4 is 4.74 Å². The smallest absolute Gasteiger partial charge is 0.122 e. The van der Waals surface area contributed by atoms with E-state index in [1.165, 1.54) is 12.0 Å². The Morgan fingerprint density at radius 2 is 1.92 bits per heavy atom. The molecule has 0 aliphatic carbocycles. The van der Waals surface area contributed by atoms with Crippen molar-refractivity contribution in [3.63, 3.8) is 0 Å². The molecule has 1 nitrogen and oxygen atoms in total. The van der Waals surface area contributed by atoms with Crippen molar-refractivity contribution in [1.82, 2.24) is 0 Å². The molecule has 0 fully saturated rings. The van der Waals surface area contributed by atoms with E-state index >= 15 is 0 Å². The molecule has 1 aromatic rings. The van der Waals surface area contributed by atoms with Crippen LogP contribution in [0.25, 0.3) is 0 Å². The van der Waals surface area contributed by atoms with Crippen LogP contribution in [0.2, 0.25) is 0 Å². The number of ether oxygens (including phenoxy) is 1. The molecule has 0 unspecified atom stereocenters. The van der Waals surface area contributed by atoms with Gasteiger partial charge in [-0.25, -0.2) is 0 Å². The van der Waals surface area contributed by atoms with Gasteiger partial charge in [-0.15, -0.1) is 0 Å². The minimum atomic E-state index is 0. The van der Waals surface area contributed by atoms with Crippen LogP contribution >= 0.6 is 0 Å². The van der Waals surface area contributed by atoms with Crippen molar-refractivity contribution in [2.24, 2.45) is 0 Å². The molecule has 0 amide bonds. The van der Waals surface area contributed by atoms with Crippen LogP contribution in [0.4, 0.5) is 0 Å². The Bertz CT molecular complexity index is 215. The van der Waals surface area contributed by atoms with Gasteiger partial charge in [-0.3, -0.25) is 0 Å². The van der Waals surface area contributed by atoms with E-state index in [0.717, 1.165) is 18.8 Å². The van der Waals surface area contributed by atoms with Crippen LogP contribution in [0, 0.1) is 0 Å². The number of fused-ring (bicyclic) bond motifs is 1. The standard InChI is InChI=1S/C9H10O.Cr.K.H/c1-2-6-9-8(4-1)5-3-7-10-9;;;/h1-2,4,6H,3,5,7H2;;;. The summed E-state index contributed by atoms with van der Waals surface area (Å²) in [4.78, 5) is 0. The topological polar surface area (TPSA) is 9.23 Å². The van der Waals surface area contributed by atoms with Crippen LogP contribution in [-0.4, -0.2) is 58.0 Å². The van der Waals surface area contributed by atoms with Gasteiger partial charge >= 0.3 is 51.4 Å². The van der Waals surface area contributed by atoms with Crippen molar-refractivity contribution in [1.29, 1.82) is 0 Å². The maximum Gasteiger partial charge on any atom is 0.122 e. The first-order valence-corrected chi connectivity index (χ1v) is 3.67. The molecule has 60 valence electrons. The van der Waals surface area contributed by atoms with E-state index in [4.69, 9.17) is 4.74 Å². The van der Waals surface area contributed by atoms with E-state index in [0.29, 0.717) is 0 Å². The minimum Gasteiger partial charge on any atom is -0.493 e. The molecule has 0 N–H and O–H groups in total. The van der Waals surface area contributed by atoms with Gasteiger partial charge in [0.25, 0.3) is 0 Å². The summed E-state index contributed by atoms with van der Waals surface area (Å²) >= 11 is 0. The fraction of sp³-hybridized carbons (Fsp3) is 0.333. The normalized spacial score (nSPS) is 13.0. The predicted octanol–water partition coefficient (Wildman–Crippen LogP) is 1.36. The van der Waals surface area contributed by atoms with Crippen molar-refractivity contribution in [2.75, 3.05) is 6.61 Å². The van der Waals surface area contributed by atoms with E-state index in [1.807, 2.05) is 12.1 Å². The molecular weight excluding hydrogens is 215 g/mol. The first-order valence-electron chi connectivity index (χ1n) is 3.67. The summed E-state index contributed by atoms with van der Waals surface area (Å²) in [6, 6.07) is 8.25. The summed E-state index contributed by atoms with van der Waals surface area (Å²) in [6.07, 6.45) is 2.34. The maximum atomic E-state index is 5.42. The Balaban J connectivity index is 0.000000605. The average molecular weight is 226 g/mol. The van der Waals surface area contributed by atoms with Gasteiger partial charge in [-0.1, -0.05) is 18.2 Å². The van der Waals surface area contributed by atoms with E-state index in [9.17, 15) is 0 Å². The Labute approximate surface area is 126 Å². The van der Waals surface area contributed by atoms with E-state index in [1.54, 1.807) is 0 Å². The molecule has 1 heterocycles. The van der Waals surface area contributed by atoms with E-state index in [2.05, 4.69) is 12.1 Å². The summed E-state index contributed by atoms with van der Waals surface area (Å²) in [5.41, 5.74) is 1.36. The third kappa shape index (κ3) is 3.15. The average Bonchev–Trinajstić information content (AvgIpc) is 2.05. The Hall–Kier alpha value is 1.19. The Kier molecular flexibility index (Phi) is 7.27. The molecule has 12 heavy (non-hydrogen) atoms. The molecule has 0 saturated heterocycles. The summed E-state index contributed by atoms with van der Waals surface area (Å²) < 4.78 is 5.42. The van der Waals surface area contributed by atoms with Crippen LogP contribution in [0.5, 0.6) is 5.75 Å². The summed E-state index contributed by atoms with van der Waals surface area (Å²) in [7, 11) is 0. The van der Waals surface area contributed by atoms with Gasteiger partial charge in [0, 0.05) is 17.4 Å². The molecule has 0 spiro atoms. The maximum absolute atomic E-state index is 5.42. The van der Waals surface area contributed by atoms with Gasteiger partial charge in [0.05, 0.1) is 6.61 Å². The molecule has 0 bridgehead atoms. The first-order chi connectivity index (χ1) is 4.97. The molecular formula is C9H11CrKO. The molecule has 0 radical (unpaired) electrons. The van der Waals surface area contributed by atoms with Gasteiger partial charge in [-0.2, -0.15) is 0 Å². The molecule has 1 aromatic carbocycles. The fourth-order valence-electron chi connectivity index (χ4n) is 1.30. The zero-order valence-corrected chi connectivity index (χ0v) is 7.52. The summed E-state index contributed by atoms with van der Waals surface area (Å²) in [5.74, 6) is 1.08. The van der Waals surface area contributed by atoms with Crippen LogP contribution in [0.3, 0.4) is 0 Å². The molecule has 3 heteroatoms. The van der Waals surface area contributed by atoms with Crippen molar-refractivity contribution >= 4 is 51.4 Å². The number of rotatable bonds is 0. The number of benzene rings is 1. The number of para-hydroxylation sites is 1. The van der Waals surface area contributed by atoms with Gasteiger partial charge in [0.1, 0.15) is 5.75 Å². The van der Waals surface area contributed by atoms with E-state index < -0.39 is 0 Å². The van der Waals surface area contributed by atoms with Crippen LogP contribution in [-0.2, 0) is 23.8 Å². The molecule has 2 rings (SSSR count). The van der Waals surface area contributed by atoms with Crippen molar-refractivity contribution in [3.8, 4) is 5.75 Å². The Morgan fingerprint density at radius 1 is 1.17 bits per heavy atom. The molecule has 1 aliphatic rings. The predicted molar refractivity (Wildman–Crippen MR) is 47.4 cm³/mol. The third-order valence-corrected chi connectivity index (χ3v) is 1.82. The molecule has 0 atom stereocenters. The fourth-order valence-corrected chi connectivity index (χ4v) is 1.30. The van der Waals surface area contributed by atoms with E-state index in [-0.39, 0.29) is 68.7 Å². The minimum absolute atomic E-state index is 0. The second-order valence-electron chi connectivity index (χ2n) is 2.56. The van der Waals surface area contributed by atoms with Gasteiger partial charge < -0.3 is 4.74 Å². The number of hydrogen-bond acceptors (Lipinski definition) is 1. The van der Waals surface area contributed by atoms with Gasteiger partial charge in [-0.05, 0) is 24.5 Å². The van der Waals surface area contributed by atoms with Crippen molar-refractivity contribution < 1.29 is 22.1 Å². The van der Waals surface area contributed by atoms with Crippen molar-refractivity contribution in [2.45, 2.75) is 12.8 Å². The van der Waals surface area contributed by atoms with Crippen molar-refractivity contribution in [3.05, 3.63) is 29.8 Å². The summed E-state index contributed by atoms with van der Waals surface area (Å²) in [5, 5.41) is 0. The van der Waals surface area contributed by atoms with Crippen LogP contribution in [0.15, 0.2) is 24.3 Å². The first kappa shape index (κ1) is 13.2. The summed E-state index contributed by atoms with van der Waals surface area (Å²) in [6.45, 7) is 0.886. The number of aryl methyl sites for hydroxylation is 1. The second kappa shape index (κ2) is 6.61. The quantitative estimate of drug-likeness (QED) is 0.607. The second-order valence-corrected chi connectivity index (χ2v) is 2.56. The monoisotopic (exact) mass is 226 g/mol. The number of hydrogen-bond donors (Lipinski definition) is 0. The zero-order valence-electron chi connectivity index (χ0n) is 6.25. The van der Waals surface area contributed by atoms with Gasteiger partial charge in [0.15, 0.2) is 0 Å².